The third kappa shape index (κ3) is 4.14. The summed E-state index contributed by atoms with van der Waals surface area (Å²) in [5.74, 6) is 0.677. The van der Waals surface area contributed by atoms with E-state index in [-0.39, 0.29) is 13.2 Å². The lowest BCUT2D eigenvalue weighted by Crippen LogP contribution is -2.50. The molecule has 0 saturated heterocycles. The second kappa shape index (κ2) is 6.95. The van der Waals surface area contributed by atoms with Gasteiger partial charge in [-0.05, 0) is 25.5 Å². The largest absolute Gasteiger partial charge is 0.490 e. The van der Waals surface area contributed by atoms with E-state index in [0.29, 0.717) is 23.9 Å². The molecule has 1 rings (SSSR count). The Morgan fingerprint density at radius 2 is 2.00 bits per heavy atom. The number of aliphatic hydroxyl groups excluding tert-OH is 2. The van der Waals surface area contributed by atoms with Gasteiger partial charge >= 0.3 is 0 Å². The predicted molar refractivity (Wildman–Crippen MR) is 72.3 cm³/mol. The minimum absolute atomic E-state index is 0.130. The van der Waals surface area contributed by atoms with Crippen molar-refractivity contribution in [3.63, 3.8) is 0 Å². The number of nitrogens with one attached hydrogen (secondary N) is 1. The number of hydrogen-bond acceptors (Lipinski definition) is 4. The lowest BCUT2D eigenvalue weighted by atomic mass is 10.1. The molecule has 0 bridgehead atoms. The Labute approximate surface area is 113 Å². The van der Waals surface area contributed by atoms with Crippen LogP contribution in [0.5, 0.6) is 5.75 Å². The van der Waals surface area contributed by atoms with Gasteiger partial charge in [-0.15, -0.1) is 0 Å². The van der Waals surface area contributed by atoms with Gasteiger partial charge in [0.1, 0.15) is 12.4 Å². The summed E-state index contributed by atoms with van der Waals surface area (Å²) in [5.41, 5.74) is 0.299. The van der Waals surface area contributed by atoms with Crippen molar-refractivity contribution in [1.29, 1.82) is 0 Å². The summed E-state index contributed by atoms with van der Waals surface area (Å²) in [6.45, 7) is 4.35. The van der Waals surface area contributed by atoms with Crippen LogP contribution in [-0.4, -0.2) is 42.1 Å². The average Bonchev–Trinajstić information content (AvgIpc) is 2.37. The number of aryl methyl sites for hydroxylation is 1. The number of halogens is 1. The molecule has 0 amide bonds. The molecule has 0 aliphatic carbocycles. The van der Waals surface area contributed by atoms with Crippen LogP contribution in [0.15, 0.2) is 18.2 Å². The first-order valence-corrected chi connectivity index (χ1v) is 6.25. The topological polar surface area (TPSA) is 61.7 Å². The molecule has 0 aliphatic heterocycles. The third-order valence-corrected chi connectivity index (χ3v) is 3.06. The second-order valence-corrected chi connectivity index (χ2v) is 4.95. The summed E-state index contributed by atoms with van der Waals surface area (Å²) in [6, 6.07) is 5.58. The quantitative estimate of drug-likeness (QED) is 0.657. The first-order chi connectivity index (χ1) is 8.52. The van der Waals surface area contributed by atoms with Crippen LogP contribution in [0.2, 0.25) is 5.02 Å². The molecule has 102 valence electrons. The lowest BCUT2D eigenvalue weighted by molar-refractivity contribution is 0.100. The zero-order valence-electron chi connectivity index (χ0n) is 10.7. The van der Waals surface area contributed by atoms with E-state index in [9.17, 15) is 0 Å². The molecule has 0 heterocycles. The van der Waals surface area contributed by atoms with Crippen molar-refractivity contribution >= 4 is 11.6 Å². The smallest absolute Gasteiger partial charge is 0.140 e. The number of benzene rings is 1. The van der Waals surface area contributed by atoms with Gasteiger partial charge in [-0.25, -0.2) is 0 Å². The molecule has 0 saturated carbocycles. The van der Waals surface area contributed by atoms with E-state index in [1.165, 1.54) is 0 Å². The van der Waals surface area contributed by atoms with Crippen molar-refractivity contribution in [2.45, 2.75) is 19.4 Å². The second-order valence-electron chi connectivity index (χ2n) is 4.54. The minimum atomic E-state index is -0.682. The van der Waals surface area contributed by atoms with Crippen LogP contribution in [0.25, 0.3) is 0 Å². The maximum absolute atomic E-state index is 9.11. The molecule has 3 N–H and O–H groups in total. The SMILES string of the molecule is Cc1cccc(Cl)c1OCCNC(C)(CO)CO. The Morgan fingerprint density at radius 1 is 1.33 bits per heavy atom. The van der Waals surface area contributed by atoms with Crippen LogP contribution in [0.3, 0.4) is 0 Å². The molecule has 0 radical (unpaired) electrons. The van der Waals surface area contributed by atoms with Gasteiger partial charge in [-0.2, -0.15) is 0 Å². The molecular weight excluding hydrogens is 254 g/mol. The van der Waals surface area contributed by atoms with E-state index in [0.717, 1.165) is 5.56 Å². The van der Waals surface area contributed by atoms with E-state index >= 15 is 0 Å². The van der Waals surface area contributed by atoms with E-state index in [2.05, 4.69) is 5.32 Å². The highest BCUT2D eigenvalue weighted by molar-refractivity contribution is 6.32. The van der Waals surface area contributed by atoms with Crippen molar-refractivity contribution in [3.8, 4) is 5.75 Å². The van der Waals surface area contributed by atoms with Gasteiger partial charge in [0, 0.05) is 6.54 Å². The van der Waals surface area contributed by atoms with Gasteiger partial charge in [0.15, 0.2) is 0 Å². The number of hydrogen-bond donors (Lipinski definition) is 3. The summed E-state index contributed by atoms with van der Waals surface area (Å²) in [7, 11) is 0. The van der Waals surface area contributed by atoms with Crippen LogP contribution in [-0.2, 0) is 0 Å². The van der Waals surface area contributed by atoms with Gasteiger partial charge < -0.3 is 20.3 Å². The van der Waals surface area contributed by atoms with Gasteiger partial charge in [0.2, 0.25) is 0 Å². The Morgan fingerprint density at radius 3 is 2.56 bits per heavy atom. The lowest BCUT2D eigenvalue weighted by Gasteiger charge is -2.26. The van der Waals surface area contributed by atoms with Gasteiger partial charge in [-0.3, -0.25) is 0 Å². The summed E-state index contributed by atoms with van der Waals surface area (Å²) in [4.78, 5) is 0. The highest BCUT2D eigenvalue weighted by atomic mass is 35.5. The van der Waals surface area contributed by atoms with Crippen LogP contribution in [0.4, 0.5) is 0 Å². The fraction of sp³-hybridized carbons (Fsp3) is 0.538. The average molecular weight is 274 g/mol. The van der Waals surface area contributed by atoms with Gasteiger partial charge in [-0.1, -0.05) is 23.7 Å². The van der Waals surface area contributed by atoms with Crippen LogP contribution < -0.4 is 10.1 Å². The van der Waals surface area contributed by atoms with E-state index < -0.39 is 5.54 Å². The Bertz CT molecular complexity index is 360. The fourth-order valence-corrected chi connectivity index (χ4v) is 1.74. The summed E-state index contributed by atoms with van der Waals surface area (Å²) < 4.78 is 5.59. The third-order valence-electron chi connectivity index (χ3n) is 2.76. The summed E-state index contributed by atoms with van der Waals surface area (Å²) >= 11 is 6.03. The maximum Gasteiger partial charge on any atom is 0.140 e. The molecular formula is C13H20ClNO3. The van der Waals surface area contributed by atoms with E-state index in [1.807, 2.05) is 19.1 Å². The zero-order valence-corrected chi connectivity index (χ0v) is 11.5. The number of para-hydroxylation sites is 1. The standard InChI is InChI=1S/C13H20ClNO3/c1-10-4-3-5-11(14)12(10)18-7-6-15-13(2,8-16)9-17/h3-5,15-17H,6-9H2,1-2H3. The van der Waals surface area contributed by atoms with Gasteiger partial charge in [0.05, 0.1) is 23.8 Å². The Hall–Kier alpha value is -0.810. The van der Waals surface area contributed by atoms with E-state index in [1.54, 1.807) is 13.0 Å². The Balaban J connectivity index is 2.43. The maximum atomic E-state index is 9.11. The monoisotopic (exact) mass is 273 g/mol. The van der Waals surface area contributed by atoms with Crippen LogP contribution in [0.1, 0.15) is 12.5 Å². The first-order valence-electron chi connectivity index (χ1n) is 5.87. The molecule has 0 aromatic heterocycles. The fourth-order valence-electron chi connectivity index (χ4n) is 1.47. The highest BCUT2D eigenvalue weighted by Gasteiger charge is 2.20. The van der Waals surface area contributed by atoms with Crippen molar-refractivity contribution < 1.29 is 14.9 Å². The highest BCUT2D eigenvalue weighted by Crippen LogP contribution is 2.27. The van der Waals surface area contributed by atoms with Crippen molar-refractivity contribution in [1.82, 2.24) is 5.32 Å². The van der Waals surface area contributed by atoms with E-state index in [4.69, 9.17) is 26.6 Å². The zero-order chi connectivity index (χ0) is 13.6. The minimum Gasteiger partial charge on any atom is -0.490 e. The van der Waals surface area contributed by atoms with Crippen molar-refractivity contribution in [2.24, 2.45) is 0 Å². The number of ether oxygens (including phenoxy) is 1. The normalized spacial score (nSPS) is 11.6. The molecule has 0 unspecified atom stereocenters. The first kappa shape index (κ1) is 15.2. The number of aliphatic hydroxyl groups is 2. The predicted octanol–water partition coefficient (Wildman–Crippen LogP) is 1.36. The van der Waals surface area contributed by atoms with Crippen LogP contribution >= 0.6 is 11.6 Å². The Kier molecular flexibility index (Phi) is 5.88. The molecule has 1 aromatic carbocycles. The molecule has 0 atom stereocenters. The number of rotatable bonds is 7. The molecule has 5 heteroatoms. The van der Waals surface area contributed by atoms with Crippen molar-refractivity contribution in [2.75, 3.05) is 26.4 Å². The molecule has 0 aliphatic rings. The summed E-state index contributed by atoms with van der Waals surface area (Å²) in [5, 5.41) is 21.8. The van der Waals surface area contributed by atoms with Crippen molar-refractivity contribution in [3.05, 3.63) is 28.8 Å². The summed E-state index contributed by atoms with van der Waals surface area (Å²) in [6.07, 6.45) is 0. The molecule has 4 nitrogen and oxygen atoms in total. The van der Waals surface area contributed by atoms with Gasteiger partial charge in [0.25, 0.3) is 0 Å². The van der Waals surface area contributed by atoms with Crippen LogP contribution in [0, 0.1) is 6.92 Å². The molecule has 0 spiro atoms. The molecule has 0 fully saturated rings. The molecule has 1 aromatic rings. The molecule has 18 heavy (non-hydrogen) atoms.